The highest BCUT2D eigenvalue weighted by Crippen LogP contribution is 2.26. The van der Waals surface area contributed by atoms with E-state index in [1.807, 2.05) is 13.0 Å². The largest absolute Gasteiger partial charge is 0.458 e. The summed E-state index contributed by atoms with van der Waals surface area (Å²) in [5.74, 6) is -0.534. The van der Waals surface area contributed by atoms with Gasteiger partial charge in [-0.05, 0) is 42.3 Å². The number of aryl methyl sites for hydroxylation is 1. The van der Waals surface area contributed by atoms with Crippen LogP contribution in [-0.4, -0.2) is 11.0 Å². The number of nitrogens with zero attached hydrogens (tertiary/aromatic N) is 1. The Balaban J connectivity index is 1.80. The van der Waals surface area contributed by atoms with E-state index in [0.29, 0.717) is 27.2 Å². The van der Waals surface area contributed by atoms with E-state index in [9.17, 15) is 9.59 Å². The molecule has 0 bridgehead atoms. The van der Waals surface area contributed by atoms with Crippen LogP contribution in [0.25, 0.3) is 17.0 Å². The maximum atomic E-state index is 11.9. The van der Waals surface area contributed by atoms with Crippen LogP contribution in [0.3, 0.4) is 0 Å². The van der Waals surface area contributed by atoms with Crippen LogP contribution >= 0.6 is 11.6 Å². The van der Waals surface area contributed by atoms with Gasteiger partial charge >= 0.3 is 11.6 Å². The first-order valence-electron chi connectivity index (χ1n) is 8.08. The van der Waals surface area contributed by atoms with Crippen LogP contribution in [0.5, 0.6) is 0 Å². The van der Waals surface area contributed by atoms with Gasteiger partial charge in [0.2, 0.25) is 0 Å². The smallest absolute Gasteiger partial charge is 0.336 e. The van der Waals surface area contributed by atoms with Crippen molar-refractivity contribution >= 4 is 34.6 Å². The van der Waals surface area contributed by atoms with Gasteiger partial charge in [-0.3, -0.25) is 4.98 Å². The molecule has 3 rings (SSSR count). The third-order valence-electron chi connectivity index (χ3n) is 3.83. The lowest BCUT2D eigenvalue weighted by Crippen LogP contribution is -2.06. The zero-order valence-corrected chi connectivity index (χ0v) is 14.8. The molecule has 0 spiro atoms. The first-order valence-corrected chi connectivity index (χ1v) is 8.45. The highest BCUT2D eigenvalue weighted by Gasteiger charge is 2.11. The van der Waals surface area contributed by atoms with Crippen molar-refractivity contribution < 1.29 is 13.9 Å². The number of esters is 1. The second kappa shape index (κ2) is 7.97. The van der Waals surface area contributed by atoms with Gasteiger partial charge in [0.05, 0.1) is 5.69 Å². The van der Waals surface area contributed by atoms with E-state index in [0.717, 1.165) is 12.0 Å². The molecule has 6 heteroatoms. The molecule has 1 aromatic carbocycles. The molecule has 0 atom stereocenters. The molecule has 132 valence electrons. The van der Waals surface area contributed by atoms with Crippen molar-refractivity contribution in [3.05, 3.63) is 80.9 Å². The van der Waals surface area contributed by atoms with E-state index in [1.54, 1.807) is 36.5 Å². The number of halogens is 1. The second-order valence-corrected chi connectivity index (χ2v) is 5.99. The van der Waals surface area contributed by atoms with Crippen molar-refractivity contribution in [3.63, 3.8) is 0 Å². The Morgan fingerprint density at radius 2 is 2.12 bits per heavy atom. The number of ether oxygens (including phenoxy) is 1. The predicted octanol–water partition coefficient (Wildman–Crippen LogP) is 4.16. The molecule has 0 fully saturated rings. The predicted molar refractivity (Wildman–Crippen MR) is 99.9 cm³/mol. The topological polar surface area (TPSA) is 69.4 Å². The summed E-state index contributed by atoms with van der Waals surface area (Å²) >= 11 is 6.25. The summed E-state index contributed by atoms with van der Waals surface area (Å²) in [6, 6.07) is 10.2. The van der Waals surface area contributed by atoms with Gasteiger partial charge in [0.1, 0.15) is 12.2 Å². The van der Waals surface area contributed by atoms with Gasteiger partial charge in [-0.25, -0.2) is 9.59 Å². The number of carbonyl (C=O) groups excluding carboxylic acids is 1. The Morgan fingerprint density at radius 3 is 2.85 bits per heavy atom. The highest BCUT2D eigenvalue weighted by atomic mass is 35.5. The van der Waals surface area contributed by atoms with E-state index < -0.39 is 11.6 Å². The number of fused-ring (bicyclic) bond motifs is 1. The third kappa shape index (κ3) is 4.18. The average Bonchev–Trinajstić information content (AvgIpc) is 2.65. The number of carbonyl (C=O) groups is 1. The molecule has 0 saturated carbocycles. The summed E-state index contributed by atoms with van der Waals surface area (Å²) in [7, 11) is 0. The minimum absolute atomic E-state index is 0.0602. The normalized spacial score (nSPS) is 11.2. The Morgan fingerprint density at radius 1 is 1.27 bits per heavy atom. The molecule has 0 aliphatic carbocycles. The molecular formula is C20H16ClNO4. The van der Waals surface area contributed by atoms with Gasteiger partial charge in [0.25, 0.3) is 0 Å². The van der Waals surface area contributed by atoms with Crippen LogP contribution in [0, 0.1) is 0 Å². The highest BCUT2D eigenvalue weighted by molar-refractivity contribution is 6.32. The lowest BCUT2D eigenvalue weighted by atomic mass is 10.1. The molecule has 26 heavy (non-hydrogen) atoms. The summed E-state index contributed by atoms with van der Waals surface area (Å²) in [6.07, 6.45) is 5.20. The lowest BCUT2D eigenvalue weighted by molar-refractivity contribution is -0.138. The second-order valence-electron chi connectivity index (χ2n) is 5.58. The molecule has 0 unspecified atom stereocenters. The number of rotatable bonds is 5. The fraction of sp³-hybridized carbons (Fsp3) is 0.150. The summed E-state index contributed by atoms with van der Waals surface area (Å²) in [5, 5.41) is 1.23. The number of hydrogen-bond acceptors (Lipinski definition) is 5. The van der Waals surface area contributed by atoms with Crippen LogP contribution in [0.2, 0.25) is 5.02 Å². The number of aromatic nitrogens is 1. The van der Waals surface area contributed by atoms with Crippen molar-refractivity contribution in [2.24, 2.45) is 0 Å². The maximum absolute atomic E-state index is 11.9. The van der Waals surface area contributed by atoms with E-state index in [2.05, 4.69) is 4.98 Å². The van der Waals surface area contributed by atoms with E-state index in [1.165, 1.54) is 12.1 Å². The summed E-state index contributed by atoms with van der Waals surface area (Å²) in [5.41, 5.74) is 2.00. The van der Waals surface area contributed by atoms with Crippen LogP contribution < -0.4 is 5.63 Å². The van der Waals surface area contributed by atoms with Gasteiger partial charge in [0, 0.05) is 34.3 Å². The molecule has 0 radical (unpaired) electrons. The molecule has 0 amide bonds. The van der Waals surface area contributed by atoms with E-state index in [-0.39, 0.29) is 6.61 Å². The first-order chi connectivity index (χ1) is 12.6. The first kappa shape index (κ1) is 17.9. The fourth-order valence-corrected chi connectivity index (χ4v) is 2.80. The molecule has 2 heterocycles. The number of pyridine rings is 1. The van der Waals surface area contributed by atoms with Gasteiger partial charge in [-0.2, -0.15) is 0 Å². The summed E-state index contributed by atoms with van der Waals surface area (Å²) in [6.45, 7) is 1.90. The molecular weight excluding hydrogens is 354 g/mol. The fourth-order valence-electron chi connectivity index (χ4n) is 2.50. The van der Waals surface area contributed by atoms with Crippen LogP contribution in [0.4, 0.5) is 0 Å². The zero-order valence-electron chi connectivity index (χ0n) is 14.1. The van der Waals surface area contributed by atoms with Crippen LogP contribution in [-0.2, 0) is 22.6 Å². The maximum Gasteiger partial charge on any atom is 0.336 e. The quantitative estimate of drug-likeness (QED) is 0.383. The SMILES string of the molecule is CCc1cc2oc(=O)cc(COC(=O)C=Cc3ccccn3)c2cc1Cl. The number of benzene rings is 1. The Bertz CT molecular complexity index is 1030. The third-order valence-corrected chi connectivity index (χ3v) is 4.18. The van der Waals surface area contributed by atoms with Crippen molar-refractivity contribution in [1.82, 2.24) is 4.98 Å². The minimum Gasteiger partial charge on any atom is -0.458 e. The number of hydrogen-bond donors (Lipinski definition) is 0. The molecule has 0 saturated heterocycles. The minimum atomic E-state index is -0.534. The van der Waals surface area contributed by atoms with E-state index in [4.69, 9.17) is 20.8 Å². The van der Waals surface area contributed by atoms with Crippen LogP contribution in [0.1, 0.15) is 23.7 Å². The monoisotopic (exact) mass is 369 g/mol. The van der Waals surface area contributed by atoms with Gasteiger partial charge in [-0.15, -0.1) is 0 Å². The average molecular weight is 370 g/mol. The molecule has 2 aromatic heterocycles. The van der Waals surface area contributed by atoms with Crippen molar-refractivity contribution in [2.45, 2.75) is 20.0 Å². The summed E-state index contributed by atoms with van der Waals surface area (Å²) in [4.78, 5) is 27.8. The molecule has 5 nitrogen and oxygen atoms in total. The van der Waals surface area contributed by atoms with Gasteiger partial charge in [-0.1, -0.05) is 24.6 Å². The molecule has 0 N–H and O–H groups in total. The van der Waals surface area contributed by atoms with Gasteiger partial charge < -0.3 is 9.15 Å². The van der Waals surface area contributed by atoms with Crippen molar-refractivity contribution in [2.75, 3.05) is 0 Å². The Labute approximate surface area is 154 Å². The molecule has 0 aliphatic heterocycles. The van der Waals surface area contributed by atoms with Crippen molar-refractivity contribution in [3.8, 4) is 0 Å². The Hall–Kier alpha value is -2.92. The lowest BCUT2D eigenvalue weighted by Gasteiger charge is -2.08. The summed E-state index contributed by atoms with van der Waals surface area (Å²) < 4.78 is 10.5. The van der Waals surface area contributed by atoms with Crippen molar-refractivity contribution in [1.29, 1.82) is 0 Å². The zero-order chi connectivity index (χ0) is 18.5. The van der Waals surface area contributed by atoms with E-state index >= 15 is 0 Å². The standard InChI is InChI=1S/C20H16ClNO4/c1-2-13-9-18-16(11-17(13)21)14(10-20(24)26-18)12-25-19(23)7-6-15-5-3-4-8-22-15/h3-11H,2,12H2,1H3. The van der Waals surface area contributed by atoms with Gasteiger partial charge in [0.15, 0.2) is 0 Å². The van der Waals surface area contributed by atoms with Crippen LogP contribution in [0.15, 0.2) is 57.9 Å². The Kier molecular flexibility index (Phi) is 5.49. The molecule has 0 aliphatic rings. The molecule has 3 aromatic rings.